The first kappa shape index (κ1) is 9.75. The maximum absolute atomic E-state index is 10.6. The number of hydrogen-bond donors (Lipinski definition) is 0. The normalized spacial score (nSPS) is 7.91. The lowest BCUT2D eigenvalue weighted by molar-refractivity contribution is 0.101. The fraction of sp³-hybridized carbons (Fsp3) is 0.375. The Balaban J connectivity index is 0.000000461. The molecule has 60 valence electrons. The van der Waals surface area contributed by atoms with Crippen molar-refractivity contribution in [2.75, 3.05) is 0 Å². The summed E-state index contributed by atoms with van der Waals surface area (Å²) >= 11 is 0. The second-order valence-corrected chi connectivity index (χ2v) is 1.65. The van der Waals surface area contributed by atoms with Gasteiger partial charge in [0.15, 0.2) is 5.78 Å². The number of hydrogen-bond acceptors (Lipinski definition) is 3. The van der Waals surface area contributed by atoms with Crippen LogP contribution in [0.15, 0.2) is 18.6 Å². The molecule has 11 heavy (non-hydrogen) atoms. The van der Waals surface area contributed by atoms with Crippen LogP contribution in [0, 0.1) is 0 Å². The van der Waals surface area contributed by atoms with Crippen molar-refractivity contribution in [3.05, 3.63) is 24.3 Å². The smallest absolute Gasteiger partial charge is 0.178 e. The summed E-state index contributed by atoms with van der Waals surface area (Å²) in [5, 5.41) is 0. The molecule has 0 N–H and O–H groups in total. The molecule has 0 atom stereocenters. The third-order valence-electron chi connectivity index (χ3n) is 0.943. The number of carbonyl (C=O) groups excluding carboxylic acids is 1. The van der Waals surface area contributed by atoms with Crippen molar-refractivity contribution in [3.63, 3.8) is 0 Å². The van der Waals surface area contributed by atoms with E-state index in [2.05, 4.69) is 9.97 Å². The molecular weight excluding hydrogens is 140 g/mol. The van der Waals surface area contributed by atoms with Gasteiger partial charge in [-0.1, -0.05) is 13.8 Å². The van der Waals surface area contributed by atoms with Crippen molar-refractivity contribution in [1.29, 1.82) is 0 Å². The Morgan fingerprint density at radius 2 is 2.09 bits per heavy atom. The van der Waals surface area contributed by atoms with Gasteiger partial charge in [0.05, 0.1) is 0 Å². The van der Waals surface area contributed by atoms with E-state index in [1.165, 1.54) is 13.3 Å². The van der Waals surface area contributed by atoms with Gasteiger partial charge >= 0.3 is 0 Å². The fourth-order valence-corrected chi connectivity index (χ4v) is 0.499. The topological polar surface area (TPSA) is 42.9 Å². The van der Waals surface area contributed by atoms with Gasteiger partial charge in [0, 0.05) is 13.1 Å². The van der Waals surface area contributed by atoms with E-state index in [1.807, 2.05) is 13.8 Å². The first-order valence-electron chi connectivity index (χ1n) is 3.57. The molecule has 0 aliphatic carbocycles. The second-order valence-electron chi connectivity index (χ2n) is 1.65. The Morgan fingerprint density at radius 3 is 2.36 bits per heavy atom. The number of carbonyl (C=O) groups is 1. The van der Waals surface area contributed by atoms with Crippen LogP contribution in [0.5, 0.6) is 0 Å². The highest BCUT2D eigenvalue weighted by Crippen LogP contribution is 1.89. The minimum Gasteiger partial charge on any atom is -0.293 e. The van der Waals surface area contributed by atoms with Gasteiger partial charge in [0.25, 0.3) is 0 Å². The molecule has 1 heterocycles. The van der Waals surface area contributed by atoms with Gasteiger partial charge in [-0.25, -0.2) is 9.97 Å². The summed E-state index contributed by atoms with van der Waals surface area (Å²) in [5.41, 5.74) is 0.463. The predicted octanol–water partition coefficient (Wildman–Crippen LogP) is 1.71. The molecule has 0 unspecified atom stereocenters. The van der Waals surface area contributed by atoms with Gasteiger partial charge in [-0.15, -0.1) is 0 Å². The number of aromatic nitrogens is 2. The summed E-state index contributed by atoms with van der Waals surface area (Å²) < 4.78 is 0. The summed E-state index contributed by atoms with van der Waals surface area (Å²) in [6.07, 6.45) is 2.90. The average Bonchev–Trinajstić information content (AvgIpc) is 2.10. The van der Waals surface area contributed by atoms with Crippen molar-refractivity contribution in [3.8, 4) is 0 Å². The van der Waals surface area contributed by atoms with Gasteiger partial charge in [0.2, 0.25) is 0 Å². The molecule has 0 aliphatic rings. The minimum absolute atomic E-state index is 0.0302. The average molecular weight is 152 g/mol. The van der Waals surface area contributed by atoms with E-state index in [0.717, 1.165) is 0 Å². The zero-order valence-electron chi connectivity index (χ0n) is 7.03. The van der Waals surface area contributed by atoms with E-state index < -0.39 is 0 Å². The molecule has 0 aliphatic heterocycles. The minimum atomic E-state index is -0.0302. The zero-order chi connectivity index (χ0) is 8.69. The molecule has 1 rings (SSSR count). The highest BCUT2D eigenvalue weighted by atomic mass is 16.1. The van der Waals surface area contributed by atoms with E-state index >= 15 is 0 Å². The van der Waals surface area contributed by atoms with Crippen LogP contribution in [-0.4, -0.2) is 15.8 Å². The highest BCUT2D eigenvalue weighted by molar-refractivity contribution is 5.91. The Labute approximate surface area is 66.5 Å². The van der Waals surface area contributed by atoms with E-state index in [-0.39, 0.29) is 5.78 Å². The van der Waals surface area contributed by atoms with Gasteiger partial charge in [-0.2, -0.15) is 0 Å². The molecule has 0 amide bonds. The van der Waals surface area contributed by atoms with Crippen LogP contribution in [0.4, 0.5) is 0 Å². The number of Topliss-reactive ketones (excluding diaryl/α,β-unsaturated/α-hetero) is 1. The van der Waals surface area contributed by atoms with Crippen LogP contribution in [0.2, 0.25) is 0 Å². The molecule has 0 saturated heterocycles. The van der Waals surface area contributed by atoms with Gasteiger partial charge in [-0.05, 0) is 6.07 Å². The predicted molar refractivity (Wildman–Crippen MR) is 43.4 cm³/mol. The molecule has 3 nitrogen and oxygen atoms in total. The van der Waals surface area contributed by atoms with Crippen LogP contribution in [0.25, 0.3) is 0 Å². The van der Waals surface area contributed by atoms with E-state index in [9.17, 15) is 4.79 Å². The Hall–Kier alpha value is -1.25. The molecule has 0 fully saturated rings. The third-order valence-corrected chi connectivity index (χ3v) is 0.943. The maximum Gasteiger partial charge on any atom is 0.178 e. The van der Waals surface area contributed by atoms with Crippen LogP contribution < -0.4 is 0 Å². The lowest BCUT2D eigenvalue weighted by atomic mass is 10.3. The number of nitrogens with zero attached hydrogens (tertiary/aromatic N) is 2. The Bertz CT molecular complexity index is 209. The van der Waals surface area contributed by atoms with Crippen molar-refractivity contribution >= 4 is 5.78 Å². The standard InChI is InChI=1S/C6H6N2O.C2H6/c1-5(9)6-2-3-7-4-8-6;1-2/h2-4H,1H3;1-2H3. The summed E-state index contributed by atoms with van der Waals surface area (Å²) in [4.78, 5) is 17.9. The van der Waals surface area contributed by atoms with Crippen molar-refractivity contribution in [1.82, 2.24) is 9.97 Å². The number of rotatable bonds is 1. The fourth-order valence-electron chi connectivity index (χ4n) is 0.499. The van der Waals surface area contributed by atoms with Crippen LogP contribution in [0.3, 0.4) is 0 Å². The summed E-state index contributed by atoms with van der Waals surface area (Å²) in [6.45, 7) is 5.47. The number of ketones is 1. The lowest BCUT2D eigenvalue weighted by Crippen LogP contribution is -1.94. The molecule has 0 radical (unpaired) electrons. The quantitative estimate of drug-likeness (QED) is 0.575. The molecule has 0 saturated carbocycles. The van der Waals surface area contributed by atoms with E-state index in [4.69, 9.17) is 0 Å². The summed E-state index contributed by atoms with van der Waals surface area (Å²) in [6, 6.07) is 1.59. The van der Waals surface area contributed by atoms with Crippen molar-refractivity contribution < 1.29 is 4.79 Å². The lowest BCUT2D eigenvalue weighted by Gasteiger charge is -1.87. The molecule has 0 spiro atoms. The van der Waals surface area contributed by atoms with Crippen LogP contribution in [-0.2, 0) is 0 Å². The Kier molecular flexibility index (Phi) is 4.90. The first-order chi connectivity index (χ1) is 5.30. The maximum atomic E-state index is 10.6. The van der Waals surface area contributed by atoms with E-state index in [0.29, 0.717) is 5.69 Å². The van der Waals surface area contributed by atoms with E-state index in [1.54, 1.807) is 12.3 Å². The molecule has 3 heteroatoms. The SMILES string of the molecule is CC.CC(=O)c1ccncn1. The Morgan fingerprint density at radius 1 is 1.45 bits per heavy atom. The van der Waals surface area contributed by atoms with Gasteiger partial charge < -0.3 is 0 Å². The molecular formula is C8H12N2O. The summed E-state index contributed by atoms with van der Waals surface area (Å²) in [5.74, 6) is -0.0302. The van der Waals surface area contributed by atoms with Crippen LogP contribution >= 0.6 is 0 Å². The second kappa shape index (κ2) is 5.53. The largest absolute Gasteiger partial charge is 0.293 e. The molecule has 0 bridgehead atoms. The van der Waals surface area contributed by atoms with Gasteiger partial charge in [0.1, 0.15) is 12.0 Å². The third kappa shape index (κ3) is 3.45. The summed E-state index contributed by atoms with van der Waals surface area (Å²) in [7, 11) is 0. The van der Waals surface area contributed by atoms with Crippen molar-refractivity contribution in [2.45, 2.75) is 20.8 Å². The highest BCUT2D eigenvalue weighted by Gasteiger charge is 1.95. The molecule has 1 aromatic rings. The van der Waals surface area contributed by atoms with Gasteiger partial charge in [-0.3, -0.25) is 4.79 Å². The molecule has 1 aromatic heterocycles. The zero-order valence-corrected chi connectivity index (χ0v) is 7.03. The molecule has 0 aromatic carbocycles. The van der Waals surface area contributed by atoms with Crippen molar-refractivity contribution in [2.24, 2.45) is 0 Å². The first-order valence-corrected chi connectivity index (χ1v) is 3.57. The van der Waals surface area contributed by atoms with Crippen LogP contribution in [0.1, 0.15) is 31.3 Å². The monoisotopic (exact) mass is 152 g/mol.